The van der Waals surface area contributed by atoms with Gasteiger partial charge in [0.2, 0.25) is 42.5 Å². The van der Waals surface area contributed by atoms with Crippen molar-refractivity contribution in [2.75, 3.05) is 19.8 Å². The number of carbonyl (C=O) groups excluding carboxylic acids is 18. The van der Waals surface area contributed by atoms with Gasteiger partial charge in [-0.05, 0) is 98.3 Å². The summed E-state index contributed by atoms with van der Waals surface area (Å²) in [5, 5.41) is 58.0. The van der Waals surface area contributed by atoms with Gasteiger partial charge in [0.05, 0.1) is 13.2 Å². The Labute approximate surface area is 749 Å². The Morgan fingerprint density at radius 1 is 0.258 bits per heavy atom. The number of esters is 10. The minimum absolute atomic E-state index is 0.0197. The summed E-state index contributed by atoms with van der Waals surface area (Å²) in [4.78, 5) is 218. The molecule has 4 rings (SSSR count). The van der Waals surface area contributed by atoms with E-state index in [4.69, 9.17) is 71.4 Å². The lowest BCUT2D eigenvalue weighted by atomic mass is 9.94. The zero-order valence-corrected chi connectivity index (χ0v) is 77.5. The Morgan fingerprint density at radius 3 is 0.742 bits per heavy atom. The Kier molecular flexibility index (Phi) is 62.4. The summed E-state index contributed by atoms with van der Waals surface area (Å²) in [6, 6.07) is -4.84. The molecule has 0 aromatic heterocycles. The molecule has 4 amide bonds. The summed E-state index contributed by atoms with van der Waals surface area (Å²) in [5.41, 5.74) is 0. The fraction of sp³-hybridized carbons (Fsp3) is 0.793. The zero-order valence-electron chi connectivity index (χ0n) is 77.5. The molecule has 0 aliphatic carbocycles. The van der Waals surface area contributed by atoms with Crippen LogP contribution in [-0.4, -0.2) is 274 Å². The molecule has 4 saturated heterocycles. The largest absolute Gasteiger partial charge is 0.463 e. The van der Waals surface area contributed by atoms with Crippen molar-refractivity contribution in [3.05, 3.63) is 0 Å². The smallest absolute Gasteiger partial charge is 0.308 e. The van der Waals surface area contributed by atoms with Crippen molar-refractivity contribution < 1.29 is 178 Å². The molecule has 9 N–H and O–H groups in total. The van der Waals surface area contributed by atoms with Crippen molar-refractivity contribution in [3.63, 3.8) is 0 Å². The van der Waals surface area contributed by atoms with Gasteiger partial charge in [-0.15, -0.1) is 0 Å². The van der Waals surface area contributed by atoms with Gasteiger partial charge < -0.3 is 132 Å². The van der Waals surface area contributed by atoms with E-state index in [1.165, 1.54) is 27.7 Å². The van der Waals surface area contributed by atoms with Crippen LogP contribution in [0.2, 0.25) is 0 Å². The van der Waals surface area contributed by atoms with Crippen LogP contribution in [0.3, 0.4) is 0 Å². The lowest BCUT2D eigenvalue weighted by molar-refractivity contribution is -0.272. The highest BCUT2D eigenvalue weighted by molar-refractivity contribution is 5.86. The van der Waals surface area contributed by atoms with Crippen LogP contribution < -0.4 is 21.3 Å². The van der Waals surface area contributed by atoms with Crippen molar-refractivity contribution in [2.24, 2.45) is 0 Å². The molecule has 4 fully saturated rings. The molecule has 12 unspecified atom stereocenters. The molecule has 0 bridgehead atoms. The molecule has 128 heavy (non-hydrogen) atoms. The summed E-state index contributed by atoms with van der Waals surface area (Å²) >= 11 is 0. The maximum atomic E-state index is 12.8. The minimum Gasteiger partial charge on any atom is -0.463 e. The number of amides is 4. The third-order valence-electron chi connectivity index (χ3n) is 18.8. The molecule has 4 aliphatic rings. The molecule has 20 atom stereocenters. The Hall–Kier alpha value is -9.10. The van der Waals surface area contributed by atoms with Gasteiger partial charge in [-0.3, -0.25) is 67.1 Å². The standard InChI is InChI=1S/C27H43NO11.C24H39NO9.C23H37NO10.C11H19NO7.C2H6/c1-6-10-20(31)35-16-18-25(37-21(32)11-7-2)26(38-22(33)12-8-3)24(28-19(30)15-14-17(5)29)27(36-18)39-23(34)13-9-4;1-6-10-18(28)32-22-16(9-4)31-24(34-20(30)12-8-3)21(23(22)33-19(29)11-7-2)25-17(27)14-13-15(5)26;1-5-8-17(28)32-21-15(13-25)31-23(34-19(30)10-7-3)20(22(21)33-18(29)9-6-2)24-16(27)12-11-14(4)26;1-5(14)2-3-7(15)12-8-10(17)9(16)6(4-13)19-11(8)18;1-2/h18,24-27H,6-16H2,1-5H3,(H,28,30);16,21-24H,6-14H2,1-5H3,(H,25,27);15,20-23,25H,5-13H2,1-4H3,(H,24,27);6,8-11,13,16-18H,2-4H2,1H3,(H,12,15);1-2H3/t18?,24?,25-,26-,27?;16?,21?,22-,23-,24?;15?,20?,21-,22-,23?;6?,8?,9-,10-,11?;/m1111./s1. The van der Waals surface area contributed by atoms with Gasteiger partial charge in [0.1, 0.15) is 90.5 Å². The summed E-state index contributed by atoms with van der Waals surface area (Å²) < 4.78 is 78.0. The minimum atomic E-state index is -1.54. The average molecular weight is 1840 g/mol. The van der Waals surface area contributed by atoms with Gasteiger partial charge >= 0.3 is 59.7 Å². The quantitative estimate of drug-likeness (QED) is 0.0284. The first-order valence-corrected chi connectivity index (χ1v) is 44.7. The molecule has 0 saturated carbocycles. The second kappa shape index (κ2) is 67.1. The maximum absolute atomic E-state index is 12.8. The van der Waals surface area contributed by atoms with E-state index in [0.29, 0.717) is 70.6 Å². The Morgan fingerprint density at radius 2 is 0.484 bits per heavy atom. The first-order chi connectivity index (χ1) is 60.7. The van der Waals surface area contributed by atoms with Crippen LogP contribution in [0.25, 0.3) is 0 Å². The average Bonchev–Trinajstić information content (AvgIpc) is 0.792. The predicted molar refractivity (Wildman–Crippen MR) is 450 cm³/mol. The number of hydrogen-bond acceptors (Lipinski definition) is 37. The van der Waals surface area contributed by atoms with Crippen molar-refractivity contribution in [2.45, 2.75) is 426 Å². The molecule has 734 valence electrons. The molecular weight excluding hydrogens is 1690 g/mol. The van der Waals surface area contributed by atoms with Crippen LogP contribution in [0, 0.1) is 0 Å². The molecular formula is C87H144N4O37. The Balaban J connectivity index is 0.00000171. The number of aliphatic hydroxyl groups excluding tert-OH is 5. The van der Waals surface area contributed by atoms with Gasteiger partial charge in [0, 0.05) is 116 Å². The first kappa shape index (κ1) is 119. The lowest BCUT2D eigenvalue weighted by Crippen LogP contribution is -2.67. The monoisotopic (exact) mass is 1840 g/mol. The normalized spacial score (nSPS) is 24.8. The first-order valence-electron chi connectivity index (χ1n) is 44.7. The third-order valence-corrected chi connectivity index (χ3v) is 18.8. The van der Waals surface area contributed by atoms with Crippen molar-refractivity contribution in [1.82, 2.24) is 21.3 Å². The van der Waals surface area contributed by atoms with Crippen LogP contribution in [0.15, 0.2) is 0 Å². The second-order valence-electron chi connectivity index (χ2n) is 30.5. The zero-order chi connectivity index (χ0) is 97.3. The molecule has 0 radical (unpaired) electrons. The number of nitrogens with one attached hydrogen (secondary N) is 4. The van der Waals surface area contributed by atoms with Gasteiger partial charge in [-0.2, -0.15) is 0 Å². The van der Waals surface area contributed by atoms with Crippen LogP contribution in [-0.2, 0) is 153 Å². The number of ketones is 4. The van der Waals surface area contributed by atoms with E-state index < -0.39 is 219 Å². The maximum Gasteiger partial charge on any atom is 0.308 e. The van der Waals surface area contributed by atoms with Gasteiger partial charge in [0.25, 0.3) is 0 Å². The number of rotatable bonds is 50. The molecule has 4 aliphatic heterocycles. The third kappa shape index (κ3) is 46.4. The van der Waals surface area contributed by atoms with Crippen LogP contribution in [0.1, 0.15) is 304 Å². The number of aliphatic hydroxyl groups is 5. The van der Waals surface area contributed by atoms with Crippen LogP contribution in [0.4, 0.5) is 0 Å². The molecule has 4 heterocycles. The van der Waals surface area contributed by atoms with E-state index in [-0.39, 0.29) is 145 Å². The molecule has 0 aromatic carbocycles. The highest BCUT2D eigenvalue weighted by Gasteiger charge is 2.56. The molecule has 41 nitrogen and oxygen atoms in total. The van der Waals surface area contributed by atoms with Crippen molar-refractivity contribution >= 4 is 106 Å². The number of hydrogen-bond donors (Lipinski definition) is 9. The van der Waals surface area contributed by atoms with Gasteiger partial charge in [0.15, 0.2) is 42.9 Å². The number of ether oxygens (including phenoxy) is 14. The SMILES string of the molecule is CC.CC(=O)CCC(=O)NC1C(O)OC(CO)[C@@H](O)[C@@H]1O.CCCC(=O)OC1OC(CC)[C@@H](OC(=O)CCC)[C@H](OC(=O)CCC)C1NC(=O)CCC(C)=O.CCCC(=O)OC1OC(CO)[C@@H](OC(=O)CCC)[C@H](OC(=O)CCC)C1NC(=O)CCC(C)=O.CCCC(=O)OCC1OC(OC(=O)CCC)C(NC(=O)CCC(C)=O)[C@@H](OC(=O)CCC)[C@@H]1OC(=O)CCC. The fourth-order valence-corrected chi connectivity index (χ4v) is 12.5. The number of carbonyl (C=O) groups is 18. The predicted octanol–water partition coefficient (Wildman–Crippen LogP) is 5.04. The van der Waals surface area contributed by atoms with Crippen LogP contribution >= 0.6 is 0 Å². The number of Topliss-reactive ketones (excluding diaryl/α,β-unsaturated/α-hetero) is 4. The second-order valence-corrected chi connectivity index (χ2v) is 30.5. The highest BCUT2D eigenvalue weighted by Crippen LogP contribution is 2.34. The molecule has 41 heteroatoms. The van der Waals surface area contributed by atoms with E-state index in [0.717, 1.165) is 0 Å². The van der Waals surface area contributed by atoms with Gasteiger partial charge in [-0.1, -0.05) is 90.0 Å². The van der Waals surface area contributed by atoms with E-state index in [9.17, 15) is 107 Å². The molecule has 0 spiro atoms. The topological polar surface area (TPSA) is 586 Å². The fourth-order valence-electron chi connectivity index (χ4n) is 12.5. The highest BCUT2D eigenvalue weighted by atomic mass is 16.7. The van der Waals surface area contributed by atoms with E-state index in [1.54, 1.807) is 55.4 Å². The summed E-state index contributed by atoms with van der Waals surface area (Å²) in [5.74, 6) is -8.74. The summed E-state index contributed by atoms with van der Waals surface area (Å²) in [7, 11) is 0. The van der Waals surface area contributed by atoms with Crippen molar-refractivity contribution in [3.8, 4) is 0 Å². The lowest BCUT2D eigenvalue weighted by Gasteiger charge is -2.45. The summed E-state index contributed by atoms with van der Waals surface area (Å²) in [6.07, 6.45) is -14.2. The van der Waals surface area contributed by atoms with Crippen molar-refractivity contribution in [1.29, 1.82) is 0 Å². The van der Waals surface area contributed by atoms with Gasteiger partial charge in [-0.25, -0.2) is 0 Å². The van der Waals surface area contributed by atoms with E-state index in [2.05, 4.69) is 21.3 Å². The van der Waals surface area contributed by atoms with Crippen LogP contribution in [0.5, 0.6) is 0 Å². The summed E-state index contributed by atoms with van der Waals surface area (Å²) in [6.45, 7) is 27.6. The van der Waals surface area contributed by atoms with E-state index in [1.807, 2.05) is 34.6 Å². The Bertz CT molecular complexity index is 3330. The van der Waals surface area contributed by atoms with E-state index >= 15 is 0 Å². The molecule has 0 aromatic rings.